The first kappa shape index (κ1) is 15.0. The minimum Gasteiger partial charge on any atom is -0.462 e. The lowest BCUT2D eigenvalue weighted by molar-refractivity contribution is 0.0526. The highest BCUT2D eigenvalue weighted by molar-refractivity contribution is 6.00. The maximum atomic E-state index is 11.8. The highest BCUT2D eigenvalue weighted by atomic mass is 16.5. The Balaban J connectivity index is 2.93. The fraction of sp³-hybridized carbons (Fsp3) is 0.583. The molecule has 2 N–H and O–H groups in total. The molecule has 1 heterocycles. The number of rotatable bonds is 5. The summed E-state index contributed by atoms with van der Waals surface area (Å²) in [7, 11) is 1.66. The molecule has 0 aromatic carbocycles. The average molecular weight is 268 g/mol. The molecule has 0 atom stereocenters. The zero-order valence-corrected chi connectivity index (χ0v) is 11.7. The van der Waals surface area contributed by atoms with Crippen LogP contribution in [0.25, 0.3) is 0 Å². The van der Waals surface area contributed by atoms with Crippen LogP contribution in [0.5, 0.6) is 0 Å². The molecule has 0 fully saturated rings. The van der Waals surface area contributed by atoms with Crippen LogP contribution in [-0.4, -0.2) is 34.9 Å². The maximum Gasteiger partial charge on any atom is 0.343 e. The van der Waals surface area contributed by atoms with Crippen LogP contribution in [0.3, 0.4) is 0 Å². The predicted molar refractivity (Wildman–Crippen MR) is 71.2 cm³/mol. The van der Waals surface area contributed by atoms with Crippen LogP contribution in [0.15, 0.2) is 0 Å². The summed E-state index contributed by atoms with van der Waals surface area (Å²) in [5.74, 6) is -0.150. The molecule has 0 saturated carbocycles. The van der Waals surface area contributed by atoms with E-state index in [1.54, 1.807) is 20.9 Å². The topological polar surface area (TPSA) is 85.2 Å². The second kappa shape index (κ2) is 6.77. The molecule has 19 heavy (non-hydrogen) atoms. The Kier molecular flexibility index (Phi) is 5.35. The van der Waals surface area contributed by atoms with E-state index in [0.717, 1.165) is 6.42 Å². The number of carbonyl (C=O) groups excluding carboxylic acids is 2. The third-order valence-corrected chi connectivity index (χ3v) is 2.47. The number of hydrogen-bond acceptors (Lipinski definition) is 4. The highest BCUT2D eigenvalue weighted by Gasteiger charge is 2.22. The van der Waals surface area contributed by atoms with E-state index in [2.05, 4.69) is 15.7 Å². The van der Waals surface area contributed by atoms with Crippen molar-refractivity contribution in [2.24, 2.45) is 7.05 Å². The minimum atomic E-state index is -0.487. The van der Waals surface area contributed by atoms with Crippen LogP contribution < -0.4 is 10.6 Å². The molecule has 0 unspecified atom stereocenters. The third kappa shape index (κ3) is 3.70. The first-order valence-corrected chi connectivity index (χ1v) is 6.26. The number of aromatic nitrogens is 2. The molecule has 2 amide bonds. The number of esters is 1. The molecule has 0 aliphatic heterocycles. The Morgan fingerprint density at radius 1 is 1.37 bits per heavy atom. The Morgan fingerprint density at radius 2 is 2.05 bits per heavy atom. The number of aryl methyl sites for hydroxylation is 2. The molecule has 0 spiro atoms. The van der Waals surface area contributed by atoms with Gasteiger partial charge in [-0.05, 0) is 20.3 Å². The van der Waals surface area contributed by atoms with Crippen LogP contribution >= 0.6 is 0 Å². The first-order valence-electron chi connectivity index (χ1n) is 6.26. The molecule has 0 bridgehead atoms. The number of anilines is 1. The summed E-state index contributed by atoms with van der Waals surface area (Å²) in [6, 6.07) is -0.365. The van der Waals surface area contributed by atoms with Gasteiger partial charge in [0.2, 0.25) is 0 Å². The normalized spacial score (nSPS) is 10.1. The van der Waals surface area contributed by atoms with Gasteiger partial charge in [0, 0.05) is 13.6 Å². The quantitative estimate of drug-likeness (QED) is 0.791. The van der Waals surface area contributed by atoms with Crippen LogP contribution in [0.1, 0.15) is 36.3 Å². The van der Waals surface area contributed by atoms with Gasteiger partial charge < -0.3 is 10.1 Å². The molecule has 1 aromatic heterocycles. The number of amides is 2. The van der Waals surface area contributed by atoms with Crippen molar-refractivity contribution >= 4 is 17.8 Å². The lowest BCUT2D eigenvalue weighted by atomic mass is 10.2. The van der Waals surface area contributed by atoms with Crippen molar-refractivity contribution in [3.05, 3.63) is 11.3 Å². The van der Waals surface area contributed by atoms with Crippen LogP contribution in [0.2, 0.25) is 0 Å². The number of nitrogens with zero attached hydrogens (tertiary/aromatic N) is 2. The number of hydrogen-bond donors (Lipinski definition) is 2. The van der Waals surface area contributed by atoms with Crippen molar-refractivity contribution in [3.8, 4) is 0 Å². The van der Waals surface area contributed by atoms with Crippen LogP contribution in [0.4, 0.5) is 10.6 Å². The van der Waals surface area contributed by atoms with Crippen molar-refractivity contribution in [2.75, 3.05) is 18.5 Å². The lowest BCUT2D eigenvalue weighted by Gasteiger charge is -2.09. The molecule has 1 rings (SSSR count). The van der Waals surface area contributed by atoms with E-state index in [9.17, 15) is 9.59 Å². The third-order valence-electron chi connectivity index (χ3n) is 2.47. The van der Waals surface area contributed by atoms with Crippen molar-refractivity contribution in [3.63, 3.8) is 0 Å². The summed E-state index contributed by atoms with van der Waals surface area (Å²) < 4.78 is 6.41. The summed E-state index contributed by atoms with van der Waals surface area (Å²) in [6.45, 7) is 6.22. The number of carbonyl (C=O) groups is 2. The molecule has 0 aliphatic carbocycles. The van der Waals surface area contributed by atoms with Crippen LogP contribution in [-0.2, 0) is 11.8 Å². The smallest absolute Gasteiger partial charge is 0.343 e. The van der Waals surface area contributed by atoms with Crippen molar-refractivity contribution in [1.82, 2.24) is 15.1 Å². The molecule has 7 nitrogen and oxygen atoms in total. The van der Waals surface area contributed by atoms with Gasteiger partial charge in [-0.1, -0.05) is 6.92 Å². The Hall–Kier alpha value is -2.05. The van der Waals surface area contributed by atoms with Gasteiger partial charge in [0.25, 0.3) is 0 Å². The highest BCUT2D eigenvalue weighted by Crippen LogP contribution is 2.19. The summed E-state index contributed by atoms with van der Waals surface area (Å²) in [5.41, 5.74) is 0.808. The molecule has 1 aromatic rings. The number of nitrogens with one attached hydrogen (secondary N) is 2. The standard InChI is InChI=1S/C12H20N4O3/c1-5-7-13-12(18)14-10-9(11(17)19-6-2)8(3)15-16(10)4/h5-7H2,1-4H3,(H2,13,14,18). The van der Waals surface area contributed by atoms with Gasteiger partial charge in [0.15, 0.2) is 0 Å². The van der Waals surface area contributed by atoms with E-state index >= 15 is 0 Å². The van der Waals surface area contributed by atoms with Gasteiger partial charge in [-0.2, -0.15) is 5.10 Å². The second-order valence-corrected chi connectivity index (χ2v) is 4.03. The second-order valence-electron chi connectivity index (χ2n) is 4.03. The van der Waals surface area contributed by atoms with E-state index in [0.29, 0.717) is 18.1 Å². The number of ether oxygens (including phenoxy) is 1. The molecule has 106 valence electrons. The van der Waals surface area contributed by atoms with Gasteiger partial charge in [0.05, 0.1) is 12.3 Å². The summed E-state index contributed by atoms with van der Waals surface area (Å²) in [4.78, 5) is 23.5. The summed E-state index contributed by atoms with van der Waals surface area (Å²) >= 11 is 0. The van der Waals surface area contributed by atoms with Gasteiger partial charge >= 0.3 is 12.0 Å². The Labute approximate surface area is 112 Å². The average Bonchev–Trinajstić information content (AvgIpc) is 2.62. The van der Waals surface area contributed by atoms with Gasteiger partial charge in [-0.25, -0.2) is 9.59 Å². The van der Waals surface area contributed by atoms with E-state index < -0.39 is 5.97 Å². The maximum absolute atomic E-state index is 11.8. The zero-order chi connectivity index (χ0) is 14.4. The number of urea groups is 1. The van der Waals surface area contributed by atoms with E-state index in [4.69, 9.17) is 4.74 Å². The molecule has 7 heteroatoms. The molecule has 0 saturated heterocycles. The molecular weight excluding hydrogens is 248 g/mol. The van der Waals surface area contributed by atoms with Crippen molar-refractivity contribution < 1.29 is 14.3 Å². The monoisotopic (exact) mass is 268 g/mol. The van der Waals surface area contributed by atoms with Crippen LogP contribution in [0, 0.1) is 6.92 Å². The largest absolute Gasteiger partial charge is 0.462 e. The SMILES string of the molecule is CCCNC(=O)Nc1c(C(=O)OCC)c(C)nn1C. The van der Waals surface area contributed by atoms with Gasteiger partial charge in [-0.3, -0.25) is 10.00 Å². The molecule has 0 aliphatic rings. The zero-order valence-electron chi connectivity index (χ0n) is 11.7. The Morgan fingerprint density at radius 3 is 2.63 bits per heavy atom. The molecular formula is C12H20N4O3. The van der Waals surface area contributed by atoms with E-state index in [-0.39, 0.29) is 18.2 Å². The van der Waals surface area contributed by atoms with E-state index in [1.165, 1.54) is 4.68 Å². The van der Waals surface area contributed by atoms with Gasteiger partial charge in [-0.15, -0.1) is 0 Å². The van der Waals surface area contributed by atoms with Crippen molar-refractivity contribution in [1.29, 1.82) is 0 Å². The minimum absolute atomic E-state index is 0.272. The predicted octanol–water partition coefficient (Wildman–Crippen LogP) is 1.44. The van der Waals surface area contributed by atoms with E-state index in [1.807, 2.05) is 6.92 Å². The van der Waals surface area contributed by atoms with Crippen molar-refractivity contribution in [2.45, 2.75) is 27.2 Å². The summed E-state index contributed by atoms with van der Waals surface area (Å²) in [5, 5.41) is 9.42. The Bertz CT molecular complexity index is 468. The molecule has 0 radical (unpaired) electrons. The fourth-order valence-electron chi connectivity index (χ4n) is 1.64. The fourth-order valence-corrected chi connectivity index (χ4v) is 1.64. The summed E-state index contributed by atoms with van der Waals surface area (Å²) in [6.07, 6.45) is 0.836. The van der Waals surface area contributed by atoms with Gasteiger partial charge in [0.1, 0.15) is 11.4 Å². The lowest BCUT2D eigenvalue weighted by Crippen LogP contribution is -2.30. The first-order chi connectivity index (χ1) is 9.01.